The van der Waals surface area contributed by atoms with Gasteiger partial charge in [-0.15, -0.1) is 0 Å². The van der Waals surface area contributed by atoms with Crippen LogP contribution in [0.25, 0.3) is 0 Å². The molecule has 2 aliphatic heterocycles. The highest BCUT2D eigenvalue weighted by Gasteiger charge is 2.39. The Hall–Kier alpha value is -1.90. The van der Waals surface area contributed by atoms with E-state index >= 15 is 0 Å². The number of carbonyl (C=O) groups is 1. The molecule has 2 heterocycles. The number of nitrogens with zero attached hydrogens (tertiary/aromatic N) is 3. The molecule has 2 aromatic rings. The van der Waals surface area contributed by atoms with Gasteiger partial charge in [-0.1, -0.05) is 17.7 Å². The smallest absolute Gasteiger partial charge is 0.244 e. The number of halogens is 1. The van der Waals surface area contributed by atoms with Crippen molar-refractivity contribution in [3.63, 3.8) is 0 Å². The summed E-state index contributed by atoms with van der Waals surface area (Å²) in [7, 11) is -3.69. The number of carbonyl (C=O) groups excluding carboxylic acids is 1. The quantitative estimate of drug-likeness (QED) is 0.615. The van der Waals surface area contributed by atoms with Gasteiger partial charge in [0.1, 0.15) is 0 Å². The molecule has 0 aromatic heterocycles. The minimum atomic E-state index is -3.69. The van der Waals surface area contributed by atoms with Crippen molar-refractivity contribution in [1.29, 1.82) is 0 Å². The number of hydrogen-bond donors (Lipinski definition) is 0. The van der Waals surface area contributed by atoms with Gasteiger partial charge < -0.3 is 9.80 Å². The van der Waals surface area contributed by atoms with E-state index in [1.165, 1.54) is 5.56 Å². The van der Waals surface area contributed by atoms with Crippen LogP contribution in [-0.4, -0.2) is 50.9 Å². The van der Waals surface area contributed by atoms with E-state index in [1.54, 1.807) is 15.3 Å². The summed E-state index contributed by atoms with van der Waals surface area (Å²) in [6, 6.07) is 12.0. The number of sulfonamides is 1. The summed E-state index contributed by atoms with van der Waals surface area (Å²) in [5, 5.41) is 0. The van der Waals surface area contributed by atoms with Crippen molar-refractivity contribution in [2.24, 2.45) is 5.92 Å². The van der Waals surface area contributed by atoms with Crippen molar-refractivity contribution in [1.82, 2.24) is 4.31 Å². The summed E-state index contributed by atoms with van der Waals surface area (Å²) in [6.45, 7) is 6.24. The van der Waals surface area contributed by atoms with E-state index in [1.807, 2.05) is 6.07 Å². The molecule has 1 atom stereocenters. The average Bonchev–Trinajstić information content (AvgIpc) is 3.53. The minimum absolute atomic E-state index is 0.0578. The van der Waals surface area contributed by atoms with Gasteiger partial charge in [0.15, 0.2) is 0 Å². The normalized spacial score (nSPS) is 21.7. The van der Waals surface area contributed by atoms with Gasteiger partial charge in [-0.2, -0.15) is 4.31 Å². The monoisotopic (exact) mass is 517 g/mol. The molecule has 6 nitrogen and oxygen atoms in total. The molecule has 5 rings (SSSR count). The van der Waals surface area contributed by atoms with Gasteiger partial charge >= 0.3 is 0 Å². The number of anilines is 2. The van der Waals surface area contributed by atoms with Gasteiger partial charge in [0.2, 0.25) is 15.9 Å². The predicted octanol–water partition coefficient (Wildman–Crippen LogP) is 3.96. The number of hydrogen-bond acceptors (Lipinski definition) is 4. The lowest BCUT2D eigenvalue weighted by atomic mass is 10.1. The van der Waals surface area contributed by atoms with Crippen molar-refractivity contribution >= 4 is 43.2 Å². The van der Waals surface area contributed by atoms with E-state index in [0.29, 0.717) is 30.7 Å². The summed E-state index contributed by atoms with van der Waals surface area (Å²) in [4.78, 5) is 17.0. The fourth-order valence-electron chi connectivity index (χ4n) is 4.77. The van der Waals surface area contributed by atoms with E-state index in [-0.39, 0.29) is 22.8 Å². The Morgan fingerprint density at radius 2 is 1.78 bits per heavy atom. The zero-order valence-electron chi connectivity index (χ0n) is 18.4. The summed E-state index contributed by atoms with van der Waals surface area (Å²) in [5.41, 5.74) is 4.11. The highest BCUT2D eigenvalue weighted by molar-refractivity contribution is 9.10. The van der Waals surface area contributed by atoms with Gasteiger partial charge in [0.25, 0.3) is 0 Å². The summed E-state index contributed by atoms with van der Waals surface area (Å²) in [5.74, 6) is 0.245. The van der Waals surface area contributed by atoms with Crippen LogP contribution in [0.1, 0.15) is 30.9 Å². The number of amides is 1. The molecule has 8 heteroatoms. The number of fused-ring (bicyclic) bond motifs is 1. The molecule has 0 radical (unpaired) electrons. The first-order chi connectivity index (χ1) is 15.3. The van der Waals surface area contributed by atoms with Crippen LogP contribution in [0.3, 0.4) is 0 Å². The molecule has 2 aromatic carbocycles. The van der Waals surface area contributed by atoms with Gasteiger partial charge in [-0.25, -0.2) is 8.42 Å². The van der Waals surface area contributed by atoms with Crippen LogP contribution >= 0.6 is 15.9 Å². The summed E-state index contributed by atoms with van der Waals surface area (Å²) >= 11 is 3.50. The first-order valence-corrected chi connectivity index (χ1v) is 13.5. The molecular formula is C24H28BrN3O3S. The molecule has 0 N–H and O–H groups in total. The Labute approximate surface area is 198 Å². The molecule has 2 fully saturated rings. The van der Waals surface area contributed by atoms with Crippen molar-refractivity contribution in [2.45, 2.75) is 44.0 Å². The molecule has 1 unspecified atom stereocenters. The second kappa shape index (κ2) is 8.15. The summed E-state index contributed by atoms with van der Waals surface area (Å²) in [6.07, 6.45) is 2.64. The Kier molecular flexibility index (Phi) is 5.58. The molecule has 1 saturated carbocycles. The van der Waals surface area contributed by atoms with Crippen molar-refractivity contribution < 1.29 is 13.2 Å². The Bertz CT molecular complexity index is 1160. The molecule has 0 spiro atoms. The Balaban J connectivity index is 1.40. The zero-order chi connectivity index (χ0) is 22.6. The SMILES string of the molecule is Cc1ccc(N2CCN(S(=O)(=O)c3cc4c(cc3Br)CCN4C(=O)C3CC3)CC2C)cc1. The van der Waals surface area contributed by atoms with E-state index in [9.17, 15) is 13.2 Å². The van der Waals surface area contributed by atoms with Crippen molar-refractivity contribution in [2.75, 3.05) is 36.0 Å². The van der Waals surface area contributed by atoms with Gasteiger partial charge in [0.05, 0.1) is 4.90 Å². The van der Waals surface area contributed by atoms with Crippen molar-refractivity contribution in [3.8, 4) is 0 Å². The predicted molar refractivity (Wildman–Crippen MR) is 130 cm³/mol. The fourth-order valence-corrected chi connectivity index (χ4v) is 7.35. The van der Waals surface area contributed by atoms with Gasteiger partial charge in [0, 0.05) is 54.0 Å². The number of aryl methyl sites for hydroxylation is 1. The lowest BCUT2D eigenvalue weighted by Crippen LogP contribution is -2.53. The topological polar surface area (TPSA) is 60.9 Å². The maximum absolute atomic E-state index is 13.6. The molecule has 0 bridgehead atoms. The number of piperazine rings is 1. The fraction of sp³-hybridized carbons (Fsp3) is 0.458. The van der Waals surface area contributed by atoms with E-state index in [2.05, 4.69) is 58.9 Å². The standard InChI is InChI=1S/C24H28BrN3O3S/c1-16-3-7-20(8-4-16)27-12-11-26(15-17(27)2)32(30,31)23-14-22-19(13-21(23)25)9-10-28(22)24(29)18-5-6-18/h3-4,7-8,13-14,17-18H,5-6,9-12,15H2,1-2H3. The zero-order valence-corrected chi connectivity index (χ0v) is 20.8. The molecule has 1 aliphatic carbocycles. The third kappa shape index (κ3) is 3.86. The van der Waals surface area contributed by atoms with Crippen molar-refractivity contribution in [3.05, 3.63) is 52.0 Å². The van der Waals surface area contributed by atoms with Crippen LogP contribution in [0.2, 0.25) is 0 Å². The second-order valence-electron chi connectivity index (χ2n) is 9.17. The van der Waals surface area contributed by atoms with Gasteiger partial charge in [-0.3, -0.25) is 4.79 Å². The number of rotatable bonds is 4. The van der Waals surface area contributed by atoms with E-state index < -0.39 is 10.0 Å². The lowest BCUT2D eigenvalue weighted by Gasteiger charge is -2.40. The van der Waals surface area contributed by atoms with Crippen LogP contribution in [0.15, 0.2) is 45.8 Å². The molecule has 32 heavy (non-hydrogen) atoms. The molecule has 170 valence electrons. The average molecular weight is 518 g/mol. The molecule has 3 aliphatic rings. The van der Waals surface area contributed by atoms with Gasteiger partial charge in [-0.05, 0) is 78.9 Å². The van der Waals surface area contributed by atoms with Crippen LogP contribution in [0.5, 0.6) is 0 Å². The lowest BCUT2D eigenvalue weighted by molar-refractivity contribution is -0.119. The maximum atomic E-state index is 13.6. The number of benzene rings is 2. The third-order valence-corrected chi connectivity index (χ3v) is 9.62. The summed E-state index contributed by atoms with van der Waals surface area (Å²) < 4.78 is 29.4. The van der Waals surface area contributed by atoms with E-state index in [4.69, 9.17) is 0 Å². The second-order valence-corrected chi connectivity index (χ2v) is 11.9. The highest BCUT2D eigenvalue weighted by Crippen LogP contribution is 2.40. The minimum Gasteiger partial charge on any atom is -0.366 e. The third-order valence-electron chi connectivity index (χ3n) is 6.79. The van der Waals surface area contributed by atoms with Crippen LogP contribution in [0, 0.1) is 12.8 Å². The largest absolute Gasteiger partial charge is 0.366 e. The Morgan fingerprint density at radius 3 is 2.44 bits per heavy atom. The first kappa shape index (κ1) is 21.9. The van der Waals surface area contributed by atoms with Crippen LogP contribution in [0.4, 0.5) is 11.4 Å². The highest BCUT2D eigenvalue weighted by atomic mass is 79.9. The molecular weight excluding hydrogens is 490 g/mol. The van der Waals surface area contributed by atoms with E-state index in [0.717, 1.165) is 36.2 Å². The molecule has 1 saturated heterocycles. The first-order valence-electron chi connectivity index (χ1n) is 11.2. The maximum Gasteiger partial charge on any atom is 0.244 e. The van der Waals surface area contributed by atoms with Crippen LogP contribution in [-0.2, 0) is 21.2 Å². The van der Waals surface area contributed by atoms with Crippen LogP contribution < -0.4 is 9.80 Å². The molecule has 1 amide bonds. The Morgan fingerprint density at radius 1 is 1.06 bits per heavy atom.